The van der Waals surface area contributed by atoms with Crippen LogP contribution in [0.25, 0.3) is 0 Å². The number of ketones is 1. The molecule has 4 N–H and O–H groups in total. The van der Waals surface area contributed by atoms with Crippen molar-refractivity contribution in [3.8, 4) is 0 Å². The van der Waals surface area contributed by atoms with Crippen LogP contribution in [0.2, 0.25) is 0 Å². The second-order valence-corrected chi connectivity index (χ2v) is 16.6. The van der Waals surface area contributed by atoms with Gasteiger partial charge in [0.05, 0.1) is 17.3 Å². The minimum absolute atomic E-state index is 0.0229. The molecule has 14 heteroatoms. The van der Waals surface area contributed by atoms with Crippen molar-refractivity contribution in [2.75, 3.05) is 25.1 Å². The van der Waals surface area contributed by atoms with Crippen LogP contribution < -0.4 is 21.3 Å². The highest BCUT2D eigenvalue weighted by Gasteiger charge is 2.52. The van der Waals surface area contributed by atoms with Crippen molar-refractivity contribution in [1.29, 1.82) is 0 Å². The maximum atomic E-state index is 15.5. The number of amides is 5. The summed E-state index contributed by atoms with van der Waals surface area (Å²) in [4.78, 5) is 68.1. The topological polar surface area (TPSA) is 171 Å². The predicted octanol–water partition coefficient (Wildman–Crippen LogP) is 2.57. The number of likely N-dealkylation sites (tertiary alicyclic amines) is 1. The highest BCUT2D eigenvalue weighted by Crippen LogP contribution is 2.37. The Labute approximate surface area is 273 Å². The van der Waals surface area contributed by atoms with Gasteiger partial charge in [0.1, 0.15) is 27.6 Å². The number of sulfone groups is 1. The van der Waals surface area contributed by atoms with Crippen molar-refractivity contribution in [1.82, 2.24) is 26.2 Å². The van der Waals surface area contributed by atoms with Crippen molar-refractivity contribution >= 4 is 39.4 Å². The van der Waals surface area contributed by atoms with E-state index in [4.69, 9.17) is 0 Å². The molecule has 1 aliphatic carbocycles. The Kier molecular flexibility index (Phi) is 13.4. The van der Waals surface area contributed by atoms with E-state index in [9.17, 15) is 32.4 Å². The summed E-state index contributed by atoms with van der Waals surface area (Å²) in [5.74, 6) is -4.30. The molecule has 0 aromatic rings. The zero-order valence-electron chi connectivity index (χ0n) is 28.5. The number of halogens is 1. The lowest BCUT2D eigenvalue weighted by Crippen LogP contribution is -2.64. The van der Waals surface area contributed by atoms with E-state index in [0.29, 0.717) is 19.3 Å². The fraction of sp³-hybridized carbons (Fsp3) is 0.781. The van der Waals surface area contributed by atoms with Crippen LogP contribution >= 0.6 is 0 Å². The normalized spacial score (nSPS) is 21.4. The maximum Gasteiger partial charge on any atom is 0.315 e. The number of nitrogens with one attached hydrogen (secondary N) is 4. The number of hydrogen-bond donors (Lipinski definition) is 4. The molecule has 0 bridgehead atoms. The van der Waals surface area contributed by atoms with Gasteiger partial charge in [-0.25, -0.2) is 17.6 Å². The van der Waals surface area contributed by atoms with E-state index in [1.165, 1.54) is 24.8 Å². The molecule has 4 atom stereocenters. The molecule has 262 valence electrons. The van der Waals surface area contributed by atoms with Crippen LogP contribution in [0.15, 0.2) is 12.7 Å². The van der Waals surface area contributed by atoms with E-state index in [1.807, 2.05) is 0 Å². The summed E-state index contributed by atoms with van der Waals surface area (Å²) in [6.07, 6.45) is 6.68. The van der Waals surface area contributed by atoms with Gasteiger partial charge in [0, 0.05) is 25.3 Å². The molecule has 1 aliphatic heterocycles. The fourth-order valence-electron chi connectivity index (χ4n) is 6.57. The van der Waals surface area contributed by atoms with Crippen molar-refractivity contribution in [3.63, 3.8) is 0 Å². The Bertz CT molecular complexity index is 1250. The zero-order chi connectivity index (χ0) is 35.1. The second-order valence-electron chi connectivity index (χ2n) is 14.5. The molecule has 1 heterocycles. The number of nitrogens with zero attached hydrogens (tertiary/aromatic N) is 1. The summed E-state index contributed by atoms with van der Waals surface area (Å²) in [5.41, 5.74) is -3.72. The van der Waals surface area contributed by atoms with Gasteiger partial charge >= 0.3 is 6.03 Å². The Morgan fingerprint density at radius 1 is 1.04 bits per heavy atom. The summed E-state index contributed by atoms with van der Waals surface area (Å²) >= 11 is 0. The lowest BCUT2D eigenvalue weighted by Gasteiger charge is -2.40. The van der Waals surface area contributed by atoms with E-state index < -0.39 is 80.0 Å². The summed E-state index contributed by atoms with van der Waals surface area (Å²) in [6.45, 7) is 13.2. The van der Waals surface area contributed by atoms with E-state index in [1.54, 1.807) is 27.7 Å². The van der Waals surface area contributed by atoms with Gasteiger partial charge in [-0.3, -0.25) is 19.2 Å². The number of carbonyl (C=O) groups excluding carboxylic acids is 5. The van der Waals surface area contributed by atoms with Gasteiger partial charge < -0.3 is 26.2 Å². The van der Waals surface area contributed by atoms with Crippen molar-refractivity contribution in [2.45, 2.75) is 122 Å². The van der Waals surface area contributed by atoms with Gasteiger partial charge in [0.25, 0.3) is 5.91 Å². The Morgan fingerprint density at radius 2 is 1.65 bits per heavy atom. The highest BCUT2D eigenvalue weighted by atomic mass is 32.2. The first-order chi connectivity index (χ1) is 21.2. The minimum Gasteiger partial charge on any atom is -0.346 e. The first-order valence-electron chi connectivity index (χ1n) is 16.1. The third-order valence-corrected chi connectivity index (χ3v) is 9.87. The molecule has 1 saturated carbocycles. The highest BCUT2D eigenvalue weighted by molar-refractivity contribution is 7.90. The lowest BCUT2D eigenvalue weighted by molar-refractivity contribution is -0.145. The molecule has 5 amide bonds. The monoisotopic (exact) mass is 671 g/mol. The summed E-state index contributed by atoms with van der Waals surface area (Å²) in [5, 5.41) is 10.6. The molecule has 0 aromatic heterocycles. The zero-order valence-corrected chi connectivity index (χ0v) is 29.3. The minimum atomic E-state index is -3.43. The van der Waals surface area contributed by atoms with Crippen molar-refractivity contribution < 1.29 is 36.8 Å². The molecule has 1 saturated heterocycles. The predicted molar refractivity (Wildman–Crippen MR) is 174 cm³/mol. The molecule has 46 heavy (non-hydrogen) atoms. The van der Waals surface area contributed by atoms with E-state index in [-0.39, 0.29) is 31.7 Å². The summed E-state index contributed by atoms with van der Waals surface area (Å²) in [6, 6.07) is -4.38. The maximum absolute atomic E-state index is 15.5. The van der Waals surface area contributed by atoms with Crippen LogP contribution in [-0.2, 0) is 29.0 Å². The number of Topliss-reactive ketones (excluding diaryl/α,β-unsaturated/α-hetero) is 1. The van der Waals surface area contributed by atoms with Gasteiger partial charge in [0.2, 0.25) is 17.6 Å². The quantitative estimate of drug-likeness (QED) is 0.162. The van der Waals surface area contributed by atoms with Crippen LogP contribution in [0.1, 0.15) is 92.9 Å². The Morgan fingerprint density at radius 3 is 2.15 bits per heavy atom. The average molecular weight is 672 g/mol. The van der Waals surface area contributed by atoms with Gasteiger partial charge in [0.15, 0.2) is 0 Å². The summed E-state index contributed by atoms with van der Waals surface area (Å²) in [7, 11) is -3.43. The largest absolute Gasteiger partial charge is 0.346 e. The SMILES string of the molecule is C=CCNC(=O)C(=O)C(CCC)NC(=O)C1C(C(C)(C)F)CCN1C(=O)[C@@H](NC(=O)NC1(CS(C)(=O)=O)CCCCC1)C(C)(C)C. The lowest BCUT2D eigenvalue weighted by atomic mass is 9.83. The van der Waals surface area contributed by atoms with Crippen LogP contribution in [0, 0.1) is 11.3 Å². The first kappa shape index (κ1) is 39.1. The van der Waals surface area contributed by atoms with Crippen molar-refractivity contribution in [3.05, 3.63) is 12.7 Å². The van der Waals surface area contributed by atoms with Crippen molar-refractivity contribution in [2.24, 2.45) is 11.3 Å². The molecule has 0 aromatic carbocycles. The average Bonchev–Trinajstić information content (AvgIpc) is 3.39. The fourth-order valence-corrected chi connectivity index (χ4v) is 7.93. The van der Waals surface area contributed by atoms with Crippen LogP contribution in [0.5, 0.6) is 0 Å². The molecule has 2 aliphatic rings. The Balaban J connectivity index is 2.39. The molecule has 0 spiro atoms. The van der Waals surface area contributed by atoms with Gasteiger partial charge in [-0.2, -0.15) is 0 Å². The van der Waals surface area contributed by atoms with Gasteiger partial charge in [-0.05, 0) is 44.9 Å². The standard InChI is InChI=1S/C32H54FN5O7S/c1-9-14-22(24(39)27(41)34-18-10-2)35-26(40)23-21(31(6,7)33)15-19-38(23)28(42)25(30(3,4)5)36-29(43)37-32(20-46(8,44)45)16-12-11-13-17-32/h10,21-23,25H,2,9,11-20H2,1,3-8H3,(H,34,41)(H,35,40)(H2,36,37,43)/t21?,22?,23?,25-/m1/s1. The molecular weight excluding hydrogens is 617 g/mol. The molecule has 3 unspecified atom stereocenters. The van der Waals surface area contributed by atoms with E-state index >= 15 is 4.39 Å². The number of alkyl halides is 1. The molecule has 2 fully saturated rings. The smallest absolute Gasteiger partial charge is 0.315 e. The second kappa shape index (κ2) is 15.7. The first-order valence-corrected chi connectivity index (χ1v) is 18.2. The third kappa shape index (κ3) is 10.8. The number of hydrogen-bond acceptors (Lipinski definition) is 7. The van der Waals surface area contributed by atoms with Crippen LogP contribution in [-0.4, -0.2) is 97.3 Å². The summed E-state index contributed by atoms with van der Waals surface area (Å²) < 4.78 is 40.1. The molecule has 0 radical (unpaired) electrons. The van der Waals surface area contributed by atoms with E-state index in [0.717, 1.165) is 25.5 Å². The molecule has 12 nitrogen and oxygen atoms in total. The molecule has 2 rings (SSSR count). The third-order valence-electron chi connectivity index (χ3n) is 8.79. The van der Waals surface area contributed by atoms with Crippen LogP contribution in [0.3, 0.4) is 0 Å². The Hall–Kier alpha value is -3.03. The number of rotatable bonds is 14. The van der Waals surface area contributed by atoms with Gasteiger partial charge in [-0.15, -0.1) is 6.58 Å². The number of carbonyl (C=O) groups is 5. The van der Waals surface area contributed by atoms with E-state index in [2.05, 4.69) is 27.8 Å². The molecular formula is C32H54FN5O7S. The number of urea groups is 1. The van der Waals surface area contributed by atoms with Gasteiger partial charge in [-0.1, -0.05) is 59.5 Å². The van der Waals surface area contributed by atoms with Crippen LogP contribution in [0.4, 0.5) is 9.18 Å².